The minimum absolute atomic E-state index is 0.00762. The molecular formula is C35H63N11O9. The molecule has 0 bridgehead atoms. The highest BCUT2D eigenvalue weighted by molar-refractivity contribution is 5.98. The number of hydrogen-bond acceptors (Lipinski definition) is 10. The number of aliphatic carboxylic acids is 1. The largest absolute Gasteiger partial charge is 0.480 e. The Morgan fingerprint density at radius 3 is 1.89 bits per heavy atom. The minimum Gasteiger partial charge on any atom is -0.480 e. The van der Waals surface area contributed by atoms with E-state index in [1.165, 1.54) is 11.8 Å². The number of primary amides is 1. The number of likely N-dealkylation sites (tertiary alicyclic amines) is 1. The second kappa shape index (κ2) is 23.0. The summed E-state index contributed by atoms with van der Waals surface area (Å²) in [5.74, 6) is -7.93. The highest BCUT2D eigenvalue weighted by atomic mass is 16.4. The highest BCUT2D eigenvalue weighted by Gasteiger charge is 2.40. The van der Waals surface area contributed by atoms with Gasteiger partial charge >= 0.3 is 5.97 Å². The number of carbonyl (C=O) groups is 8. The van der Waals surface area contributed by atoms with Gasteiger partial charge < -0.3 is 59.1 Å². The van der Waals surface area contributed by atoms with Crippen molar-refractivity contribution >= 4 is 53.3 Å². The van der Waals surface area contributed by atoms with Crippen molar-refractivity contribution in [3.63, 3.8) is 0 Å². The SMILES string of the molecule is CC[C@H](C)[C@H](N)C(=O)N1CCC[C@H]1C(=O)N[C@H](C(=O)N[C@@H](CC(N)=O)C(=O)N[C@H](C(=O)N[C@@H](C)C(=O)N[C@@H](CCCNC(=N)N)C(=O)O)[C@@H](C)CC)C(C)C. The van der Waals surface area contributed by atoms with Gasteiger partial charge in [-0.25, -0.2) is 4.79 Å². The Morgan fingerprint density at radius 2 is 1.36 bits per heavy atom. The highest BCUT2D eigenvalue weighted by Crippen LogP contribution is 2.21. The van der Waals surface area contributed by atoms with E-state index in [0.717, 1.165) is 0 Å². The average molecular weight is 782 g/mol. The number of rotatable bonds is 23. The molecule has 1 fully saturated rings. The number of carbonyl (C=O) groups excluding carboxylic acids is 7. The number of nitrogens with two attached hydrogens (primary N) is 3. The summed E-state index contributed by atoms with van der Waals surface area (Å²) in [4.78, 5) is 105. The molecule has 1 aliphatic rings. The molecule has 0 aromatic rings. The van der Waals surface area contributed by atoms with Crippen LogP contribution in [0.25, 0.3) is 0 Å². The Morgan fingerprint density at radius 1 is 0.782 bits per heavy atom. The maximum atomic E-state index is 13.6. The molecule has 0 aromatic carbocycles. The van der Waals surface area contributed by atoms with Crippen molar-refractivity contribution in [2.24, 2.45) is 35.0 Å². The number of guanidine groups is 1. The summed E-state index contributed by atoms with van der Waals surface area (Å²) in [5.41, 5.74) is 16.8. The molecule has 1 heterocycles. The van der Waals surface area contributed by atoms with Crippen LogP contribution in [0.5, 0.6) is 0 Å². The lowest BCUT2D eigenvalue weighted by Crippen LogP contribution is -2.61. The number of carboxylic acid groups (broad SMARTS) is 1. The van der Waals surface area contributed by atoms with Crippen molar-refractivity contribution in [2.75, 3.05) is 13.1 Å². The van der Waals surface area contributed by atoms with E-state index in [9.17, 15) is 43.5 Å². The van der Waals surface area contributed by atoms with Crippen LogP contribution in [0.1, 0.15) is 93.4 Å². The fourth-order valence-corrected chi connectivity index (χ4v) is 5.86. The first-order valence-corrected chi connectivity index (χ1v) is 18.8. The Labute approximate surface area is 322 Å². The first-order valence-electron chi connectivity index (χ1n) is 18.8. The van der Waals surface area contributed by atoms with E-state index < -0.39 is 102 Å². The lowest BCUT2D eigenvalue weighted by molar-refractivity contribution is -0.142. The van der Waals surface area contributed by atoms with Crippen LogP contribution in [0, 0.1) is 23.2 Å². The summed E-state index contributed by atoms with van der Waals surface area (Å²) >= 11 is 0. The van der Waals surface area contributed by atoms with E-state index in [-0.39, 0.29) is 37.2 Å². The Bertz CT molecular complexity index is 1400. The molecule has 14 N–H and O–H groups in total. The average Bonchev–Trinajstić information content (AvgIpc) is 3.61. The first kappa shape index (κ1) is 48.0. The van der Waals surface area contributed by atoms with Crippen LogP contribution in [0.15, 0.2) is 0 Å². The maximum absolute atomic E-state index is 13.6. The van der Waals surface area contributed by atoms with E-state index in [2.05, 4.69) is 31.9 Å². The molecule has 0 aliphatic carbocycles. The van der Waals surface area contributed by atoms with Crippen molar-refractivity contribution in [3.8, 4) is 0 Å². The van der Waals surface area contributed by atoms with Gasteiger partial charge in [-0.3, -0.25) is 39.0 Å². The number of nitrogens with one attached hydrogen (secondary N) is 7. The minimum atomic E-state index is -1.56. The van der Waals surface area contributed by atoms with Crippen LogP contribution in [0.4, 0.5) is 0 Å². The zero-order valence-corrected chi connectivity index (χ0v) is 33.0. The molecule has 20 heteroatoms. The topological polar surface area (TPSA) is 334 Å². The predicted octanol–water partition coefficient (Wildman–Crippen LogP) is -2.28. The van der Waals surface area contributed by atoms with Gasteiger partial charge in [-0.05, 0) is 50.4 Å². The molecule has 0 spiro atoms. The zero-order chi connectivity index (χ0) is 42.2. The van der Waals surface area contributed by atoms with Gasteiger partial charge in [0, 0.05) is 13.1 Å². The second-order valence-corrected chi connectivity index (χ2v) is 14.5. The number of carboxylic acids is 1. The Kier molecular flexibility index (Phi) is 20.1. The van der Waals surface area contributed by atoms with E-state index in [1.54, 1.807) is 27.7 Å². The molecule has 9 atom stereocenters. The molecule has 7 amide bonds. The summed E-state index contributed by atoms with van der Waals surface area (Å²) < 4.78 is 0. The molecule has 312 valence electrons. The molecular weight excluding hydrogens is 718 g/mol. The number of amides is 7. The van der Waals surface area contributed by atoms with Gasteiger partial charge in [0.15, 0.2) is 5.96 Å². The molecule has 0 aromatic heterocycles. The van der Waals surface area contributed by atoms with E-state index in [0.29, 0.717) is 32.2 Å². The molecule has 0 radical (unpaired) electrons. The van der Waals surface area contributed by atoms with Crippen LogP contribution < -0.4 is 49.1 Å². The van der Waals surface area contributed by atoms with Gasteiger partial charge in [-0.1, -0.05) is 54.4 Å². The normalized spacial score (nSPS) is 18.3. The first-order chi connectivity index (χ1) is 25.7. The Balaban J connectivity index is 3.10. The van der Waals surface area contributed by atoms with Gasteiger partial charge in [0.05, 0.1) is 12.5 Å². The summed E-state index contributed by atoms with van der Waals surface area (Å²) in [5, 5.41) is 31.8. The van der Waals surface area contributed by atoms with Crippen LogP contribution in [-0.4, -0.2) is 119 Å². The molecule has 1 aliphatic heterocycles. The van der Waals surface area contributed by atoms with Crippen LogP contribution in [0.3, 0.4) is 0 Å². The second-order valence-electron chi connectivity index (χ2n) is 14.5. The third kappa shape index (κ3) is 15.3. The monoisotopic (exact) mass is 781 g/mol. The summed E-state index contributed by atoms with van der Waals surface area (Å²) in [6.45, 7) is 12.4. The van der Waals surface area contributed by atoms with Gasteiger partial charge in [0.2, 0.25) is 41.4 Å². The van der Waals surface area contributed by atoms with E-state index in [4.69, 9.17) is 22.6 Å². The molecule has 0 unspecified atom stereocenters. The van der Waals surface area contributed by atoms with Gasteiger partial charge in [-0.15, -0.1) is 0 Å². The van der Waals surface area contributed by atoms with Gasteiger partial charge in [0.1, 0.15) is 36.3 Å². The van der Waals surface area contributed by atoms with Crippen molar-refractivity contribution in [2.45, 2.75) is 136 Å². The van der Waals surface area contributed by atoms with Crippen molar-refractivity contribution in [1.29, 1.82) is 5.41 Å². The fraction of sp³-hybridized carbons (Fsp3) is 0.743. The maximum Gasteiger partial charge on any atom is 0.326 e. The standard InChI is InChI=1S/C35H63N11O9/c1-8-18(5)25(37)33(53)46-15-11-13-23(46)30(50)44-26(17(3)4)31(51)43-22(16-24(36)47)29(49)45-27(19(6)9-2)32(52)41-20(7)28(48)42-21(34(54)55)12-10-14-40-35(38)39/h17-23,25-27H,8-16,37H2,1-7H3,(H2,36,47)(H,41,52)(H,42,48)(H,43,51)(H,44,50)(H,45,49)(H,54,55)(H4,38,39,40)/t18-,19-,20-,21-,22-,23-,25-,26-,27-/m0/s1. The van der Waals surface area contributed by atoms with Crippen LogP contribution in [-0.2, 0) is 38.4 Å². The molecule has 55 heavy (non-hydrogen) atoms. The third-order valence-corrected chi connectivity index (χ3v) is 9.81. The third-order valence-electron chi connectivity index (χ3n) is 9.81. The lowest BCUT2D eigenvalue weighted by Gasteiger charge is -2.31. The molecule has 0 saturated carbocycles. The van der Waals surface area contributed by atoms with Crippen molar-refractivity contribution < 1.29 is 43.5 Å². The summed E-state index contributed by atoms with van der Waals surface area (Å²) in [6.07, 6.45) is 1.60. The fourth-order valence-electron chi connectivity index (χ4n) is 5.86. The van der Waals surface area contributed by atoms with Crippen molar-refractivity contribution in [3.05, 3.63) is 0 Å². The zero-order valence-electron chi connectivity index (χ0n) is 33.0. The van der Waals surface area contributed by atoms with Crippen LogP contribution >= 0.6 is 0 Å². The summed E-state index contributed by atoms with van der Waals surface area (Å²) in [7, 11) is 0. The van der Waals surface area contributed by atoms with Gasteiger partial charge in [-0.2, -0.15) is 0 Å². The summed E-state index contributed by atoms with van der Waals surface area (Å²) in [6, 6.07) is -8.19. The molecule has 1 saturated heterocycles. The van der Waals surface area contributed by atoms with E-state index >= 15 is 0 Å². The van der Waals surface area contributed by atoms with Crippen LogP contribution in [0.2, 0.25) is 0 Å². The van der Waals surface area contributed by atoms with E-state index in [1.807, 2.05) is 13.8 Å². The lowest BCUT2D eigenvalue weighted by atomic mass is 9.97. The number of hydrogen-bond donors (Lipinski definition) is 11. The quantitative estimate of drug-likeness (QED) is 0.0297. The van der Waals surface area contributed by atoms with Crippen molar-refractivity contribution in [1.82, 2.24) is 36.8 Å². The molecule has 20 nitrogen and oxygen atoms in total. The number of nitrogens with zero attached hydrogens (tertiary/aromatic N) is 1. The predicted molar refractivity (Wildman–Crippen MR) is 202 cm³/mol. The smallest absolute Gasteiger partial charge is 0.326 e. The van der Waals surface area contributed by atoms with Gasteiger partial charge in [0.25, 0.3) is 0 Å². The Hall–Kier alpha value is -5.01. The molecule has 1 rings (SSSR count).